The zero-order valence-corrected chi connectivity index (χ0v) is 14.1. The van der Waals surface area contributed by atoms with Crippen molar-refractivity contribution < 1.29 is 19.1 Å². The predicted molar refractivity (Wildman–Crippen MR) is 89.3 cm³/mol. The molecular weight excluding hydrogens is 306 g/mol. The van der Waals surface area contributed by atoms with Crippen LogP contribution in [0.1, 0.15) is 44.6 Å². The van der Waals surface area contributed by atoms with Crippen LogP contribution in [0.2, 0.25) is 0 Å². The fraction of sp³-hybridized carbons (Fsp3) is 0.579. The van der Waals surface area contributed by atoms with Crippen molar-refractivity contribution in [3.8, 4) is 0 Å². The van der Waals surface area contributed by atoms with Gasteiger partial charge in [-0.25, -0.2) is 9.59 Å². The normalized spacial score (nSPS) is 25.9. The molecule has 1 aromatic rings. The maximum atomic E-state index is 12.7. The molecule has 1 aromatic carbocycles. The summed E-state index contributed by atoms with van der Waals surface area (Å²) >= 11 is 0. The Morgan fingerprint density at radius 2 is 1.88 bits per heavy atom. The lowest BCUT2D eigenvalue weighted by Crippen LogP contribution is -2.47. The Morgan fingerprint density at radius 1 is 1.12 bits per heavy atom. The summed E-state index contributed by atoms with van der Waals surface area (Å²) in [5, 5.41) is 0. The van der Waals surface area contributed by atoms with Crippen LogP contribution in [-0.2, 0) is 20.9 Å². The Bertz CT molecular complexity index is 574. The highest BCUT2D eigenvalue weighted by molar-refractivity contribution is 5.82. The van der Waals surface area contributed by atoms with Gasteiger partial charge < -0.3 is 9.47 Å². The molecule has 0 bridgehead atoms. The SMILES string of the molecule is CCOC(=O)C1CC2CCCCC2N1C(=O)OCc1ccccc1. The standard InChI is InChI=1S/C19H25NO4/c1-2-23-18(21)17-12-15-10-6-7-11-16(15)20(17)19(22)24-13-14-8-4-3-5-9-14/h3-5,8-9,15-17H,2,6-7,10-13H2,1H3. The molecule has 0 spiro atoms. The topological polar surface area (TPSA) is 55.8 Å². The number of hydrogen-bond acceptors (Lipinski definition) is 4. The molecule has 0 aromatic heterocycles. The van der Waals surface area contributed by atoms with Crippen molar-refractivity contribution in [3.63, 3.8) is 0 Å². The van der Waals surface area contributed by atoms with Crippen molar-refractivity contribution in [3.05, 3.63) is 35.9 Å². The maximum absolute atomic E-state index is 12.7. The first-order valence-corrected chi connectivity index (χ1v) is 8.86. The molecule has 1 saturated heterocycles. The third kappa shape index (κ3) is 3.55. The van der Waals surface area contributed by atoms with E-state index in [1.165, 1.54) is 6.42 Å². The number of carbonyl (C=O) groups is 2. The highest BCUT2D eigenvalue weighted by Gasteiger charge is 2.48. The highest BCUT2D eigenvalue weighted by Crippen LogP contribution is 2.40. The van der Waals surface area contributed by atoms with Crippen molar-refractivity contribution in [2.24, 2.45) is 5.92 Å². The molecule has 3 atom stereocenters. The zero-order valence-electron chi connectivity index (χ0n) is 14.1. The summed E-state index contributed by atoms with van der Waals surface area (Å²) in [6, 6.07) is 9.20. The second kappa shape index (κ2) is 7.69. The van der Waals surface area contributed by atoms with Crippen LogP contribution in [0.25, 0.3) is 0 Å². The summed E-state index contributed by atoms with van der Waals surface area (Å²) in [5.41, 5.74) is 0.943. The summed E-state index contributed by atoms with van der Waals surface area (Å²) in [6.45, 7) is 2.35. The largest absolute Gasteiger partial charge is 0.464 e. The second-order valence-corrected chi connectivity index (χ2v) is 6.56. The molecule has 1 aliphatic heterocycles. The molecule has 130 valence electrons. The highest BCUT2D eigenvalue weighted by atomic mass is 16.6. The van der Waals surface area contributed by atoms with Gasteiger partial charge in [0.05, 0.1) is 6.61 Å². The summed E-state index contributed by atoms with van der Waals surface area (Å²) in [7, 11) is 0. The molecular formula is C19H25NO4. The molecule has 2 fully saturated rings. The van der Waals surface area contributed by atoms with E-state index in [4.69, 9.17) is 9.47 Å². The molecule has 5 heteroatoms. The van der Waals surface area contributed by atoms with Crippen LogP contribution in [-0.4, -0.2) is 35.7 Å². The van der Waals surface area contributed by atoms with Crippen LogP contribution in [0, 0.1) is 5.92 Å². The number of benzene rings is 1. The van der Waals surface area contributed by atoms with Gasteiger partial charge in [0.2, 0.25) is 0 Å². The summed E-state index contributed by atoms with van der Waals surface area (Å²) < 4.78 is 10.7. The molecule has 3 unspecified atom stereocenters. The first-order valence-electron chi connectivity index (χ1n) is 8.86. The Hall–Kier alpha value is -2.04. The molecule has 3 rings (SSSR count). The third-order valence-corrected chi connectivity index (χ3v) is 5.06. The molecule has 24 heavy (non-hydrogen) atoms. The van der Waals surface area contributed by atoms with E-state index < -0.39 is 12.1 Å². The van der Waals surface area contributed by atoms with Crippen LogP contribution in [0.5, 0.6) is 0 Å². The molecule has 1 aliphatic carbocycles. The third-order valence-electron chi connectivity index (χ3n) is 5.06. The van der Waals surface area contributed by atoms with Gasteiger partial charge in [0, 0.05) is 6.04 Å². The van der Waals surface area contributed by atoms with Crippen LogP contribution >= 0.6 is 0 Å². The fourth-order valence-corrected chi connectivity index (χ4v) is 3.97. The van der Waals surface area contributed by atoms with Gasteiger partial charge in [-0.05, 0) is 37.7 Å². The molecule has 1 heterocycles. The summed E-state index contributed by atoms with van der Waals surface area (Å²) in [5.74, 6) is 0.0843. The first kappa shape index (κ1) is 16.8. The zero-order chi connectivity index (χ0) is 16.9. The van der Waals surface area contributed by atoms with E-state index in [9.17, 15) is 9.59 Å². The van der Waals surface area contributed by atoms with Crippen molar-refractivity contribution in [1.82, 2.24) is 4.90 Å². The average Bonchev–Trinajstić information content (AvgIpc) is 3.00. The number of fused-ring (bicyclic) bond motifs is 1. The lowest BCUT2D eigenvalue weighted by Gasteiger charge is -2.32. The number of amides is 1. The Kier molecular flexibility index (Phi) is 5.38. The van der Waals surface area contributed by atoms with Gasteiger partial charge in [-0.1, -0.05) is 43.2 Å². The summed E-state index contributed by atoms with van der Waals surface area (Å²) in [6.07, 6.45) is 4.59. The van der Waals surface area contributed by atoms with Gasteiger partial charge in [0.1, 0.15) is 12.6 Å². The van der Waals surface area contributed by atoms with E-state index in [1.807, 2.05) is 30.3 Å². The lowest BCUT2D eigenvalue weighted by atomic mass is 9.85. The molecule has 2 aliphatic rings. The quantitative estimate of drug-likeness (QED) is 0.792. The van der Waals surface area contributed by atoms with E-state index in [-0.39, 0.29) is 18.6 Å². The molecule has 1 amide bonds. The number of esters is 1. The van der Waals surface area contributed by atoms with E-state index in [1.54, 1.807) is 11.8 Å². The van der Waals surface area contributed by atoms with Crippen molar-refractivity contribution in [2.75, 3.05) is 6.61 Å². The van der Waals surface area contributed by atoms with Crippen molar-refractivity contribution >= 4 is 12.1 Å². The van der Waals surface area contributed by atoms with Gasteiger partial charge in [0.25, 0.3) is 0 Å². The molecule has 0 radical (unpaired) electrons. The number of likely N-dealkylation sites (tertiary alicyclic amines) is 1. The fourth-order valence-electron chi connectivity index (χ4n) is 3.97. The maximum Gasteiger partial charge on any atom is 0.411 e. The van der Waals surface area contributed by atoms with E-state index in [0.29, 0.717) is 18.9 Å². The minimum atomic E-state index is -0.499. The number of ether oxygens (including phenoxy) is 2. The number of nitrogens with zero attached hydrogens (tertiary/aromatic N) is 1. The van der Waals surface area contributed by atoms with E-state index in [2.05, 4.69) is 0 Å². The Balaban J connectivity index is 1.70. The number of hydrogen-bond donors (Lipinski definition) is 0. The molecule has 1 saturated carbocycles. The number of rotatable bonds is 4. The second-order valence-electron chi connectivity index (χ2n) is 6.56. The minimum Gasteiger partial charge on any atom is -0.464 e. The molecule has 5 nitrogen and oxygen atoms in total. The lowest BCUT2D eigenvalue weighted by molar-refractivity contribution is -0.148. The summed E-state index contributed by atoms with van der Waals surface area (Å²) in [4.78, 5) is 26.7. The van der Waals surface area contributed by atoms with Gasteiger partial charge in [0.15, 0.2) is 0 Å². The van der Waals surface area contributed by atoms with Crippen LogP contribution in [0.4, 0.5) is 4.79 Å². The van der Waals surface area contributed by atoms with Gasteiger partial charge in [-0.2, -0.15) is 0 Å². The average molecular weight is 331 g/mol. The van der Waals surface area contributed by atoms with Gasteiger partial charge in [-0.15, -0.1) is 0 Å². The van der Waals surface area contributed by atoms with Crippen LogP contribution in [0.3, 0.4) is 0 Å². The molecule has 0 N–H and O–H groups in total. The van der Waals surface area contributed by atoms with Gasteiger partial charge in [-0.3, -0.25) is 4.90 Å². The predicted octanol–water partition coefficient (Wildman–Crippen LogP) is 3.52. The van der Waals surface area contributed by atoms with Crippen molar-refractivity contribution in [1.29, 1.82) is 0 Å². The van der Waals surface area contributed by atoms with Gasteiger partial charge >= 0.3 is 12.1 Å². The first-order chi connectivity index (χ1) is 11.7. The Labute approximate surface area is 142 Å². The Morgan fingerprint density at radius 3 is 2.62 bits per heavy atom. The van der Waals surface area contributed by atoms with E-state index >= 15 is 0 Å². The smallest absolute Gasteiger partial charge is 0.411 e. The van der Waals surface area contributed by atoms with Crippen LogP contribution in [0.15, 0.2) is 30.3 Å². The van der Waals surface area contributed by atoms with Crippen LogP contribution < -0.4 is 0 Å². The number of carbonyl (C=O) groups excluding carboxylic acids is 2. The minimum absolute atomic E-state index is 0.108. The van der Waals surface area contributed by atoms with E-state index in [0.717, 1.165) is 24.8 Å². The monoisotopic (exact) mass is 331 g/mol. The van der Waals surface area contributed by atoms with Crippen molar-refractivity contribution in [2.45, 2.75) is 57.7 Å².